The molecule has 25 heavy (non-hydrogen) atoms. The van der Waals surface area contributed by atoms with Crippen molar-refractivity contribution < 1.29 is 14.1 Å². The van der Waals surface area contributed by atoms with Gasteiger partial charge in [-0.15, -0.1) is 0 Å². The van der Waals surface area contributed by atoms with E-state index in [0.29, 0.717) is 6.42 Å². The second-order valence-electron chi connectivity index (χ2n) is 6.51. The molecule has 6 heteroatoms. The summed E-state index contributed by atoms with van der Waals surface area (Å²) in [5.74, 6) is 1.68. The van der Waals surface area contributed by atoms with Gasteiger partial charge >= 0.3 is 0 Å². The van der Waals surface area contributed by atoms with Gasteiger partial charge in [-0.25, -0.2) is 0 Å². The van der Waals surface area contributed by atoms with Crippen molar-refractivity contribution in [2.24, 2.45) is 0 Å². The number of aryl methyl sites for hydroxylation is 1. The molecule has 1 amide bonds. The molecule has 1 aromatic carbocycles. The first-order valence-corrected chi connectivity index (χ1v) is 8.52. The van der Waals surface area contributed by atoms with E-state index in [1.165, 1.54) is 0 Å². The molecule has 6 nitrogen and oxygen atoms in total. The van der Waals surface area contributed by atoms with Crippen molar-refractivity contribution in [2.75, 3.05) is 13.7 Å². The number of nitrogens with zero attached hydrogens (tertiary/aromatic N) is 2. The molecular formula is C19H21N3O3. The van der Waals surface area contributed by atoms with E-state index >= 15 is 0 Å². The minimum atomic E-state index is 0.0182. The van der Waals surface area contributed by atoms with Crippen LogP contribution in [0.5, 0.6) is 5.75 Å². The summed E-state index contributed by atoms with van der Waals surface area (Å²) in [6.07, 6.45) is 4.19. The smallest absolute Gasteiger partial charge is 0.227 e. The molecule has 1 aliphatic heterocycles. The molecule has 0 spiro atoms. The highest BCUT2D eigenvalue weighted by Crippen LogP contribution is 2.32. The van der Waals surface area contributed by atoms with E-state index in [4.69, 9.17) is 9.26 Å². The van der Waals surface area contributed by atoms with Gasteiger partial charge in [0.25, 0.3) is 0 Å². The predicted molar refractivity (Wildman–Crippen MR) is 93.5 cm³/mol. The Morgan fingerprint density at radius 2 is 2.32 bits per heavy atom. The number of carbonyl (C=O) groups is 1. The molecule has 2 aromatic heterocycles. The van der Waals surface area contributed by atoms with Crippen LogP contribution in [-0.4, -0.2) is 34.6 Å². The molecule has 1 fully saturated rings. The van der Waals surface area contributed by atoms with Crippen molar-refractivity contribution in [1.82, 2.24) is 15.0 Å². The van der Waals surface area contributed by atoms with Crippen LogP contribution in [0.15, 0.2) is 35.0 Å². The lowest BCUT2D eigenvalue weighted by Gasteiger charge is -2.23. The number of H-pyrrole nitrogens is 1. The topological polar surface area (TPSA) is 71.4 Å². The third kappa shape index (κ3) is 2.88. The van der Waals surface area contributed by atoms with Crippen molar-refractivity contribution in [3.8, 4) is 5.75 Å². The number of likely N-dealkylation sites (tertiary alicyclic amines) is 1. The predicted octanol–water partition coefficient (Wildman–Crippen LogP) is 3.38. The number of ether oxygens (including phenoxy) is 1. The quantitative estimate of drug-likeness (QED) is 0.791. The lowest BCUT2D eigenvalue weighted by molar-refractivity contribution is -0.131. The second kappa shape index (κ2) is 6.27. The number of hydrogen-bond acceptors (Lipinski definition) is 4. The van der Waals surface area contributed by atoms with E-state index < -0.39 is 0 Å². The fraction of sp³-hybridized carbons (Fsp3) is 0.368. The van der Waals surface area contributed by atoms with Gasteiger partial charge in [-0.3, -0.25) is 4.79 Å². The van der Waals surface area contributed by atoms with Crippen LogP contribution in [0, 0.1) is 6.92 Å². The number of hydrogen-bond donors (Lipinski definition) is 1. The van der Waals surface area contributed by atoms with Crippen LogP contribution in [0.3, 0.4) is 0 Å². The first-order chi connectivity index (χ1) is 12.2. The van der Waals surface area contributed by atoms with Crippen molar-refractivity contribution in [2.45, 2.75) is 32.2 Å². The van der Waals surface area contributed by atoms with Crippen LogP contribution < -0.4 is 4.74 Å². The highest BCUT2D eigenvalue weighted by molar-refractivity contribution is 5.90. The average molecular weight is 339 g/mol. The minimum Gasteiger partial charge on any atom is -0.497 e. The Morgan fingerprint density at radius 3 is 3.08 bits per heavy atom. The molecular weight excluding hydrogens is 318 g/mol. The van der Waals surface area contributed by atoms with Gasteiger partial charge in [-0.2, -0.15) is 0 Å². The molecule has 1 N–H and O–H groups in total. The standard InChI is InChI=1S/C19H21N3O3/c1-12-8-17(21-25-12)18-4-3-7-22(18)19(23)9-13-11-20-16-6-5-14(24-2)10-15(13)16/h5-6,8,10-11,18,20H,3-4,7,9H2,1-2H3. The molecule has 0 bridgehead atoms. The number of amides is 1. The monoisotopic (exact) mass is 339 g/mol. The molecule has 0 saturated carbocycles. The summed E-state index contributed by atoms with van der Waals surface area (Å²) in [6, 6.07) is 7.79. The van der Waals surface area contributed by atoms with Crippen LogP contribution >= 0.6 is 0 Å². The van der Waals surface area contributed by atoms with Gasteiger partial charge in [0.05, 0.1) is 19.6 Å². The first-order valence-electron chi connectivity index (χ1n) is 8.52. The van der Waals surface area contributed by atoms with Gasteiger partial charge < -0.3 is 19.1 Å². The van der Waals surface area contributed by atoms with E-state index in [0.717, 1.165) is 53.1 Å². The highest BCUT2D eigenvalue weighted by Gasteiger charge is 2.32. The van der Waals surface area contributed by atoms with Gasteiger partial charge in [0.2, 0.25) is 5.91 Å². The summed E-state index contributed by atoms with van der Waals surface area (Å²) in [7, 11) is 1.65. The van der Waals surface area contributed by atoms with E-state index in [-0.39, 0.29) is 11.9 Å². The van der Waals surface area contributed by atoms with Crippen LogP contribution in [0.4, 0.5) is 0 Å². The molecule has 1 atom stereocenters. The number of aromatic amines is 1. The number of methoxy groups -OCH3 is 1. The minimum absolute atomic E-state index is 0.0182. The molecule has 1 saturated heterocycles. The zero-order valence-electron chi connectivity index (χ0n) is 14.4. The van der Waals surface area contributed by atoms with Gasteiger partial charge in [0, 0.05) is 29.7 Å². The fourth-order valence-electron chi connectivity index (χ4n) is 3.61. The summed E-state index contributed by atoms with van der Waals surface area (Å²) in [4.78, 5) is 18.1. The van der Waals surface area contributed by atoms with E-state index in [2.05, 4.69) is 10.1 Å². The summed E-state index contributed by atoms with van der Waals surface area (Å²) in [5, 5.41) is 5.14. The SMILES string of the molecule is COc1ccc2[nH]cc(CC(=O)N3CCCC3c3cc(C)on3)c2c1. The van der Waals surface area contributed by atoms with Crippen molar-refractivity contribution in [3.05, 3.63) is 47.5 Å². The Labute approximate surface area is 145 Å². The second-order valence-corrected chi connectivity index (χ2v) is 6.51. The molecule has 1 aliphatic rings. The molecule has 3 heterocycles. The number of carbonyl (C=O) groups excluding carboxylic acids is 1. The van der Waals surface area contributed by atoms with E-state index in [1.807, 2.05) is 42.3 Å². The molecule has 1 unspecified atom stereocenters. The van der Waals surface area contributed by atoms with Gasteiger partial charge in [0.15, 0.2) is 0 Å². The first kappa shape index (κ1) is 15.7. The number of aromatic nitrogens is 2. The third-order valence-electron chi connectivity index (χ3n) is 4.88. The summed E-state index contributed by atoms with van der Waals surface area (Å²) in [5.41, 5.74) is 2.85. The molecule has 4 rings (SSSR count). The molecule has 0 aliphatic carbocycles. The Hall–Kier alpha value is -2.76. The van der Waals surface area contributed by atoms with Crippen molar-refractivity contribution >= 4 is 16.8 Å². The zero-order chi connectivity index (χ0) is 17.4. The van der Waals surface area contributed by atoms with Crippen molar-refractivity contribution in [3.63, 3.8) is 0 Å². The maximum absolute atomic E-state index is 12.9. The maximum Gasteiger partial charge on any atom is 0.227 e. The summed E-state index contributed by atoms with van der Waals surface area (Å²) in [6.45, 7) is 2.64. The molecule has 0 radical (unpaired) electrons. The maximum atomic E-state index is 12.9. The Balaban J connectivity index is 1.57. The highest BCUT2D eigenvalue weighted by atomic mass is 16.5. The number of fused-ring (bicyclic) bond motifs is 1. The van der Waals surface area contributed by atoms with Crippen LogP contribution in [-0.2, 0) is 11.2 Å². The normalized spacial score (nSPS) is 17.4. The largest absolute Gasteiger partial charge is 0.497 e. The Kier molecular flexibility index (Phi) is 3.95. The molecule has 130 valence electrons. The van der Waals surface area contributed by atoms with Gasteiger partial charge in [-0.05, 0) is 43.5 Å². The lowest BCUT2D eigenvalue weighted by atomic mass is 10.1. The van der Waals surface area contributed by atoms with E-state index in [9.17, 15) is 4.79 Å². The number of rotatable bonds is 4. The average Bonchev–Trinajstić information content (AvgIpc) is 3.34. The lowest BCUT2D eigenvalue weighted by Crippen LogP contribution is -2.31. The number of benzene rings is 1. The van der Waals surface area contributed by atoms with Gasteiger partial charge in [0.1, 0.15) is 17.2 Å². The van der Waals surface area contributed by atoms with Gasteiger partial charge in [-0.1, -0.05) is 5.16 Å². The van der Waals surface area contributed by atoms with Crippen molar-refractivity contribution in [1.29, 1.82) is 0 Å². The fourth-order valence-corrected chi connectivity index (χ4v) is 3.61. The number of nitrogens with one attached hydrogen (secondary N) is 1. The third-order valence-corrected chi connectivity index (χ3v) is 4.88. The van der Waals surface area contributed by atoms with Crippen LogP contribution in [0.25, 0.3) is 10.9 Å². The zero-order valence-corrected chi connectivity index (χ0v) is 14.4. The Bertz CT molecular complexity index is 912. The van der Waals surface area contributed by atoms with Crippen LogP contribution in [0.2, 0.25) is 0 Å². The summed E-state index contributed by atoms with van der Waals surface area (Å²) >= 11 is 0. The van der Waals surface area contributed by atoms with E-state index in [1.54, 1.807) is 7.11 Å². The molecule has 3 aromatic rings. The van der Waals surface area contributed by atoms with Crippen LogP contribution in [0.1, 0.15) is 35.9 Å². The Morgan fingerprint density at radius 1 is 1.44 bits per heavy atom. The summed E-state index contributed by atoms with van der Waals surface area (Å²) < 4.78 is 10.5.